The van der Waals surface area contributed by atoms with Gasteiger partial charge in [-0.1, -0.05) is 134 Å². The number of rotatable bonds is 4. The molecule has 8 aromatic carbocycles. The second-order valence-corrected chi connectivity index (χ2v) is 11.4. The Morgan fingerprint density at radius 2 is 1.07 bits per heavy atom. The fraction of sp³-hybridized carbons (Fsp3) is 0.0465. The van der Waals surface area contributed by atoms with Crippen molar-refractivity contribution in [3.05, 3.63) is 157 Å². The van der Waals surface area contributed by atoms with Gasteiger partial charge in [0.2, 0.25) is 0 Å². The summed E-state index contributed by atoms with van der Waals surface area (Å²) in [7, 11) is 0. The molecule has 9 rings (SSSR count). The number of imidazole rings is 1. The molecular formula is C43H30N2. The third kappa shape index (κ3) is 3.86. The van der Waals surface area contributed by atoms with Crippen molar-refractivity contribution < 1.29 is 6.85 Å². The van der Waals surface area contributed by atoms with Gasteiger partial charge in [0, 0.05) is 18.8 Å². The minimum absolute atomic E-state index is 0.154. The van der Waals surface area contributed by atoms with Gasteiger partial charge in [-0.25, -0.2) is 4.98 Å². The third-order valence-corrected chi connectivity index (χ3v) is 9.06. The molecule has 0 saturated carbocycles. The van der Waals surface area contributed by atoms with Crippen LogP contribution in [0.5, 0.6) is 0 Å². The summed E-state index contributed by atoms with van der Waals surface area (Å²) in [5.41, 5.74) is 5.95. The molecule has 0 bridgehead atoms. The highest BCUT2D eigenvalue weighted by Gasteiger charge is 2.22. The van der Waals surface area contributed by atoms with Crippen LogP contribution in [0, 0.1) is 0 Å². The van der Waals surface area contributed by atoms with E-state index in [0.717, 1.165) is 43.8 Å². The Bertz CT molecular complexity index is 2740. The van der Waals surface area contributed by atoms with Crippen molar-refractivity contribution in [3.8, 4) is 27.9 Å². The van der Waals surface area contributed by atoms with Crippen molar-refractivity contribution in [2.75, 3.05) is 0 Å². The van der Waals surface area contributed by atoms with Gasteiger partial charge >= 0.3 is 0 Å². The molecule has 0 fully saturated rings. The molecule has 45 heavy (non-hydrogen) atoms. The van der Waals surface area contributed by atoms with E-state index in [2.05, 4.69) is 108 Å². The Morgan fingerprint density at radius 3 is 1.78 bits per heavy atom. The number of aromatic nitrogens is 2. The molecule has 0 N–H and O–H groups in total. The Morgan fingerprint density at radius 1 is 0.533 bits per heavy atom. The SMILES string of the molecule is [2H]C([2H])([2H])C([2H])([2H])c1nc2ccccc2n1-c1ccccc1-c1c2ccccc2c(-c2cc3ccccc3c3ccccc23)c2ccccc12. The zero-order valence-electron chi connectivity index (χ0n) is 29.3. The highest BCUT2D eigenvalue weighted by molar-refractivity contribution is 6.26. The Kier molecular flexibility index (Phi) is 4.76. The van der Waals surface area contributed by atoms with Crippen molar-refractivity contribution in [2.45, 2.75) is 13.2 Å². The monoisotopic (exact) mass is 579 g/mol. The fourth-order valence-corrected chi connectivity index (χ4v) is 7.20. The van der Waals surface area contributed by atoms with Crippen LogP contribution in [0.2, 0.25) is 0 Å². The maximum Gasteiger partial charge on any atom is 0.114 e. The van der Waals surface area contributed by atoms with Gasteiger partial charge in [0.1, 0.15) is 5.82 Å². The molecule has 0 aliphatic carbocycles. The average Bonchev–Trinajstić information content (AvgIpc) is 3.53. The molecule has 0 saturated heterocycles. The van der Waals surface area contributed by atoms with Gasteiger partial charge in [-0.05, 0) is 84.0 Å². The lowest BCUT2D eigenvalue weighted by molar-refractivity contribution is 0.909. The zero-order chi connectivity index (χ0) is 34.2. The summed E-state index contributed by atoms with van der Waals surface area (Å²) in [5.74, 6) is -0.154. The number of hydrogen-bond donors (Lipinski definition) is 0. The summed E-state index contributed by atoms with van der Waals surface area (Å²) in [6, 6.07) is 51.5. The molecule has 212 valence electrons. The van der Waals surface area contributed by atoms with Crippen molar-refractivity contribution in [3.63, 3.8) is 0 Å². The Balaban J connectivity index is 1.42. The topological polar surface area (TPSA) is 17.8 Å². The molecule has 0 amide bonds. The maximum absolute atomic E-state index is 8.85. The van der Waals surface area contributed by atoms with Crippen LogP contribution in [0.1, 0.15) is 19.5 Å². The van der Waals surface area contributed by atoms with E-state index in [9.17, 15) is 0 Å². The summed E-state index contributed by atoms with van der Waals surface area (Å²) in [4.78, 5) is 4.62. The molecule has 0 unspecified atom stereocenters. The summed E-state index contributed by atoms with van der Waals surface area (Å²) in [6.45, 7) is -2.94. The van der Waals surface area contributed by atoms with Crippen LogP contribution in [-0.2, 0) is 6.37 Å². The van der Waals surface area contributed by atoms with E-state index in [1.165, 1.54) is 21.5 Å². The first-order valence-corrected chi connectivity index (χ1v) is 15.2. The standard InChI is InChI=1S/C43H30N2/c1-2-41-44-38-24-12-14-26-40(38)45(41)39-25-13-11-23-36(39)42-32-19-7-9-21-34(32)43(35-22-10-8-20-33(35)42)37-27-28-15-3-4-16-29(28)30-17-5-6-18-31(30)37/h3-27H,2H2,1H3/i1D3,2D2. The Labute approximate surface area is 268 Å². The Hall–Kier alpha value is -5.73. The first kappa shape index (κ1) is 21.1. The highest BCUT2D eigenvalue weighted by Crippen LogP contribution is 2.47. The van der Waals surface area contributed by atoms with Gasteiger partial charge in [0.15, 0.2) is 0 Å². The molecule has 2 nitrogen and oxygen atoms in total. The summed E-state index contributed by atoms with van der Waals surface area (Å²) in [6.07, 6.45) is -2.72. The minimum Gasteiger partial charge on any atom is -0.296 e. The smallest absolute Gasteiger partial charge is 0.114 e. The molecule has 0 radical (unpaired) electrons. The van der Waals surface area contributed by atoms with Gasteiger partial charge in [-0.3, -0.25) is 4.57 Å². The predicted octanol–water partition coefficient (Wildman–Crippen LogP) is 11.5. The summed E-state index contributed by atoms with van der Waals surface area (Å²) >= 11 is 0. The first-order chi connectivity index (χ1) is 24.2. The summed E-state index contributed by atoms with van der Waals surface area (Å²) in [5, 5.41) is 9.02. The van der Waals surface area contributed by atoms with Crippen LogP contribution in [0.3, 0.4) is 0 Å². The van der Waals surface area contributed by atoms with E-state index in [0.29, 0.717) is 16.7 Å². The van der Waals surface area contributed by atoms with E-state index in [-0.39, 0.29) is 5.82 Å². The lowest BCUT2D eigenvalue weighted by atomic mass is 9.83. The van der Waals surface area contributed by atoms with Crippen molar-refractivity contribution >= 4 is 54.1 Å². The molecule has 1 heterocycles. The van der Waals surface area contributed by atoms with Gasteiger partial charge in [0.25, 0.3) is 0 Å². The van der Waals surface area contributed by atoms with Crippen LogP contribution >= 0.6 is 0 Å². The van der Waals surface area contributed by atoms with E-state index >= 15 is 0 Å². The second-order valence-electron chi connectivity index (χ2n) is 11.4. The van der Waals surface area contributed by atoms with Crippen LogP contribution < -0.4 is 0 Å². The van der Waals surface area contributed by atoms with Crippen molar-refractivity contribution in [1.82, 2.24) is 9.55 Å². The summed E-state index contributed by atoms with van der Waals surface area (Å²) < 4.78 is 43.9. The molecule has 1 aromatic heterocycles. The van der Waals surface area contributed by atoms with Crippen LogP contribution in [0.4, 0.5) is 0 Å². The molecule has 9 aromatic rings. The number of para-hydroxylation sites is 3. The van der Waals surface area contributed by atoms with E-state index in [1.807, 2.05) is 42.5 Å². The average molecular weight is 580 g/mol. The number of hydrogen-bond acceptors (Lipinski definition) is 1. The van der Waals surface area contributed by atoms with Gasteiger partial charge in [0.05, 0.1) is 16.7 Å². The molecule has 0 spiro atoms. The van der Waals surface area contributed by atoms with Crippen LogP contribution in [0.15, 0.2) is 152 Å². The quantitative estimate of drug-likeness (QED) is 0.150. The maximum atomic E-state index is 8.85. The van der Waals surface area contributed by atoms with E-state index in [1.54, 1.807) is 10.6 Å². The van der Waals surface area contributed by atoms with E-state index < -0.39 is 13.2 Å². The first-order valence-electron chi connectivity index (χ1n) is 17.7. The van der Waals surface area contributed by atoms with Crippen LogP contribution in [0.25, 0.3) is 82.1 Å². The highest BCUT2D eigenvalue weighted by atomic mass is 15.1. The number of benzene rings is 8. The van der Waals surface area contributed by atoms with Crippen molar-refractivity contribution in [2.24, 2.45) is 0 Å². The van der Waals surface area contributed by atoms with Gasteiger partial charge in [-0.15, -0.1) is 0 Å². The molecule has 2 heteroatoms. The normalized spacial score (nSPS) is 14.0. The van der Waals surface area contributed by atoms with Crippen molar-refractivity contribution in [1.29, 1.82) is 0 Å². The molecule has 0 atom stereocenters. The number of aryl methyl sites for hydroxylation is 1. The lowest BCUT2D eigenvalue weighted by Gasteiger charge is -2.21. The predicted molar refractivity (Wildman–Crippen MR) is 191 cm³/mol. The zero-order valence-corrected chi connectivity index (χ0v) is 24.3. The van der Waals surface area contributed by atoms with Crippen LogP contribution in [-0.4, -0.2) is 9.55 Å². The largest absolute Gasteiger partial charge is 0.296 e. The van der Waals surface area contributed by atoms with E-state index in [4.69, 9.17) is 6.85 Å². The second kappa shape index (κ2) is 10.2. The fourth-order valence-electron chi connectivity index (χ4n) is 7.20. The number of fused-ring (bicyclic) bond motifs is 6. The molecular weight excluding hydrogens is 544 g/mol. The molecule has 0 aliphatic heterocycles. The lowest BCUT2D eigenvalue weighted by Crippen LogP contribution is -2.03. The van der Waals surface area contributed by atoms with Gasteiger partial charge in [-0.2, -0.15) is 0 Å². The minimum atomic E-state index is -2.94. The number of nitrogens with zero attached hydrogens (tertiary/aromatic N) is 2. The third-order valence-electron chi connectivity index (χ3n) is 9.06. The van der Waals surface area contributed by atoms with Gasteiger partial charge < -0.3 is 0 Å². The molecule has 0 aliphatic rings.